The fourth-order valence-corrected chi connectivity index (χ4v) is 6.55. The summed E-state index contributed by atoms with van der Waals surface area (Å²) in [7, 11) is -4.17. The van der Waals surface area contributed by atoms with Crippen molar-refractivity contribution in [3.63, 3.8) is 0 Å². The van der Waals surface area contributed by atoms with Crippen molar-refractivity contribution in [3.05, 3.63) is 93.5 Å². The first-order valence-electron chi connectivity index (χ1n) is 14.3. The summed E-state index contributed by atoms with van der Waals surface area (Å²) in [6, 6.07) is 17.7. The van der Waals surface area contributed by atoms with Gasteiger partial charge in [0.05, 0.1) is 10.6 Å². The number of anilines is 1. The van der Waals surface area contributed by atoms with Gasteiger partial charge in [0.2, 0.25) is 11.8 Å². The van der Waals surface area contributed by atoms with Crippen molar-refractivity contribution in [2.45, 2.75) is 83.8 Å². The molecule has 1 atom stereocenters. The molecule has 0 bridgehead atoms. The number of nitrogens with zero attached hydrogens (tertiary/aromatic N) is 2. The number of hydrogen-bond acceptors (Lipinski definition) is 4. The minimum absolute atomic E-state index is 0.0528. The third-order valence-corrected chi connectivity index (χ3v) is 9.51. The lowest BCUT2D eigenvalue weighted by Crippen LogP contribution is -2.55. The lowest BCUT2D eigenvalue weighted by molar-refractivity contribution is -0.141. The summed E-state index contributed by atoms with van der Waals surface area (Å²) >= 11 is 13.0. The Labute approximate surface area is 266 Å². The van der Waals surface area contributed by atoms with Crippen molar-refractivity contribution in [2.75, 3.05) is 10.8 Å². The van der Waals surface area contributed by atoms with Gasteiger partial charge in [-0.25, -0.2) is 8.42 Å². The number of halogens is 2. The first-order chi connectivity index (χ1) is 20.0. The molecule has 0 aromatic heterocycles. The van der Waals surface area contributed by atoms with E-state index < -0.39 is 34.1 Å². The number of rotatable bonds is 11. The minimum atomic E-state index is -4.17. The Bertz CT molecular complexity index is 1510. The number of benzene rings is 3. The second-order valence-electron chi connectivity index (χ2n) is 12.0. The number of sulfonamides is 1. The van der Waals surface area contributed by atoms with E-state index >= 15 is 0 Å². The number of aryl methyl sites for hydroxylation is 1. The summed E-state index contributed by atoms with van der Waals surface area (Å²) in [6.07, 6.45) is 0.281. The van der Waals surface area contributed by atoms with Gasteiger partial charge in [-0.3, -0.25) is 13.9 Å². The third-order valence-electron chi connectivity index (χ3n) is 7.01. The summed E-state index contributed by atoms with van der Waals surface area (Å²) in [5.41, 5.74) is 2.18. The van der Waals surface area contributed by atoms with Crippen LogP contribution in [0, 0.1) is 6.92 Å². The molecule has 232 valence electrons. The van der Waals surface area contributed by atoms with Crippen LogP contribution in [0.1, 0.15) is 70.6 Å². The van der Waals surface area contributed by atoms with Gasteiger partial charge in [-0.1, -0.05) is 79.9 Å². The highest BCUT2D eigenvalue weighted by Crippen LogP contribution is 2.29. The van der Waals surface area contributed by atoms with Gasteiger partial charge in [-0.2, -0.15) is 0 Å². The fourth-order valence-electron chi connectivity index (χ4n) is 4.62. The van der Waals surface area contributed by atoms with E-state index in [1.54, 1.807) is 49.4 Å². The molecule has 7 nitrogen and oxygen atoms in total. The first-order valence-corrected chi connectivity index (χ1v) is 16.5. The van der Waals surface area contributed by atoms with E-state index in [-0.39, 0.29) is 29.7 Å². The van der Waals surface area contributed by atoms with E-state index in [4.69, 9.17) is 23.2 Å². The van der Waals surface area contributed by atoms with Crippen molar-refractivity contribution < 1.29 is 18.0 Å². The van der Waals surface area contributed by atoms with Gasteiger partial charge in [-0.05, 0) is 82.0 Å². The van der Waals surface area contributed by atoms with E-state index in [2.05, 4.69) is 5.32 Å². The monoisotopic (exact) mass is 645 g/mol. The number of hydrogen-bond donors (Lipinski definition) is 1. The molecule has 0 heterocycles. The lowest BCUT2D eigenvalue weighted by Gasteiger charge is -2.35. The summed E-state index contributed by atoms with van der Waals surface area (Å²) in [6.45, 7) is 12.7. The average Bonchev–Trinajstić information content (AvgIpc) is 2.92. The van der Waals surface area contributed by atoms with E-state index in [1.807, 2.05) is 53.7 Å². The van der Waals surface area contributed by atoms with Gasteiger partial charge in [-0.15, -0.1) is 0 Å². The zero-order valence-corrected chi connectivity index (χ0v) is 28.1. The summed E-state index contributed by atoms with van der Waals surface area (Å²) in [4.78, 5) is 29.2. The molecule has 0 saturated carbocycles. The SMILES string of the molecule is CC[C@H](C(=O)NC(C)(C)C)N(Cc1c(Cl)cccc1Cl)C(=O)CN(c1ccc(C(C)C)cc1)S(=O)(=O)c1ccc(C)cc1. The van der Waals surface area contributed by atoms with Gasteiger partial charge < -0.3 is 10.2 Å². The molecule has 1 N–H and O–H groups in total. The molecule has 0 aliphatic rings. The second-order valence-corrected chi connectivity index (χ2v) is 14.6. The van der Waals surface area contributed by atoms with Gasteiger partial charge in [0.1, 0.15) is 12.6 Å². The minimum Gasteiger partial charge on any atom is -0.350 e. The predicted octanol–water partition coefficient (Wildman–Crippen LogP) is 7.34. The molecule has 0 aliphatic carbocycles. The van der Waals surface area contributed by atoms with Crippen LogP contribution in [0.25, 0.3) is 0 Å². The Morgan fingerprint density at radius 2 is 1.47 bits per heavy atom. The quantitative estimate of drug-likeness (QED) is 0.236. The van der Waals surface area contributed by atoms with E-state index in [9.17, 15) is 18.0 Å². The molecule has 3 aromatic rings. The number of amides is 2. The van der Waals surface area contributed by atoms with Gasteiger partial charge in [0, 0.05) is 27.7 Å². The third kappa shape index (κ3) is 8.74. The Kier molecular flexibility index (Phi) is 11.3. The molecule has 0 spiro atoms. The zero-order chi connectivity index (χ0) is 32.1. The zero-order valence-electron chi connectivity index (χ0n) is 25.8. The van der Waals surface area contributed by atoms with Crippen LogP contribution in [0.5, 0.6) is 0 Å². The molecule has 0 aliphatic heterocycles. The van der Waals surface area contributed by atoms with Crippen LogP contribution in [0.3, 0.4) is 0 Å². The molecule has 0 radical (unpaired) electrons. The highest BCUT2D eigenvalue weighted by Gasteiger charge is 2.35. The maximum absolute atomic E-state index is 14.3. The average molecular weight is 647 g/mol. The maximum Gasteiger partial charge on any atom is 0.264 e. The molecule has 0 saturated heterocycles. The van der Waals surface area contributed by atoms with E-state index in [0.717, 1.165) is 15.4 Å². The van der Waals surface area contributed by atoms with E-state index in [1.165, 1.54) is 17.0 Å². The second kappa shape index (κ2) is 14.1. The number of carbonyl (C=O) groups is 2. The lowest BCUT2D eigenvalue weighted by atomic mass is 10.0. The first kappa shape index (κ1) is 34.4. The fraction of sp³-hybridized carbons (Fsp3) is 0.394. The standard InChI is InChI=1S/C33H41Cl2N3O4S/c1-8-30(32(40)36-33(5,6)7)37(20-27-28(34)10-9-11-29(27)35)31(39)21-38(25-16-14-24(15-17-25)22(2)3)43(41,42)26-18-12-23(4)13-19-26/h9-19,22,30H,8,20-21H2,1-7H3,(H,36,40)/t30-/m1/s1. The van der Waals surface area contributed by atoms with Crippen LogP contribution in [-0.4, -0.2) is 43.3 Å². The predicted molar refractivity (Wildman–Crippen MR) is 175 cm³/mol. The number of carbonyl (C=O) groups excluding carboxylic acids is 2. The normalized spacial score (nSPS) is 12.6. The summed E-state index contributed by atoms with van der Waals surface area (Å²) < 4.78 is 29.3. The van der Waals surface area contributed by atoms with Crippen molar-refractivity contribution in [1.82, 2.24) is 10.2 Å². The van der Waals surface area contributed by atoms with Gasteiger partial charge in [0.15, 0.2) is 0 Å². The molecule has 43 heavy (non-hydrogen) atoms. The Morgan fingerprint density at radius 1 is 0.907 bits per heavy atom. The molecular weight excluding hydrogens is 605 g/mol. The highest BCUT2D eigenvalue weighted by atomic mass is 35.5. The van der Waals surface area contributed by atoms with Crippen LogP contribution >= 0.6 is 23.2 Å². The van der Waals surface area contributed by atoms with Crippen molar-refractivity contribution in [1.29, 1.82) is 0 Å². The Balaban J connectivity index is 2.13. The molecule has 2 amide bonds. The molecule has 3 rings (SSSR count). The van der Waals surface area contributed by atoms with Crippen LogP contribution in [0.15, 0.2) is 71.6 Å². The van der Waals surface area contributed by atoms with Crippen LogP contribution in [-0.2, 0) is 26.2 Å². The van der Waals surface area contributed by atoms with Gasteiger partial charge in [0.25, 0.3) is 10.0 Å². The topological polar surface area (TPSA) is 86.8 Å². The summed E-state index contributed by atoms with van der Waals surface area (Å²) in [5, 5.41) is 3.63. The summed E-state index contributed by atoms with van der Waals surface area (Å²) in [5.74, 6) is -0.698. The number of nitrogens with one attached hydrogen (secondary N) is 1. The molecule has 10 heteroatoms. The molecule has 3 aromatic carbocycles. The molecular formula is C33H41Cl2N3O4S. The van der Waals surface area contributed by atoms with Crippen molar-refractivity contribution in [3.8, 4) is 0 Å². The van der Waals surface area contributed by atoms with Gasteiger partial charge >= 0.3 is 0 Å². The smallest absolute Gasteiger partial charge is 0.264 e. The highest BCUT2D eigenvalue weighted by molar-refractivity contribution is 7.92. The molecule has 0 unspecified atom stereocenters. The van der Waals surface area contributed by atoms with E-state index in [0.29, 0.717) is 21.3 Å². The Hall–Kier alpha value is -3.07. The van der Waals surface area contributed by atoms with Crippen LogP contribution < -0.4 is 9.62 Å². The Morgan fingerprint density at radius 3 is 1.95 bits per heavy atom. The van der Waals surface area contributed by atoms with Crippen molar-refractivity contribution >= 4 is 50.7 Å². The van der Waals surface area contributed by atoms with Crippen LogP contribution in [0.2, 0.25) is 10.0 Å². The maximum atomic E-state index is 14.3. The van der Waals surface area contributed by atoms with Crippen LogP contribution in [0.4, 0.5) is 5.69 Å². The largest absolute Gasteiger partial charge is 0.350 e. The van der Waals surface area contributed by atoms with Crippen molar-refractivity contribution in [2.24, 2.45) is 0 Å². The molecule has 0 fully saturated rings.